The van der Waals surface area contributed by atoms with Gasteiger partial charge in [-0.3, -0.25) is 0 Å². The topological polar surface area (TPSA) is 0 Å². The molecule has 0 bridgehead atoms. The summed E-state index contributed by atoms with van der Waals surface area (Å²) >= 11 is 0. The largest absolute Gasteiger partial charge is 0.0811 e. The van der Waals surface area contributed by atoms with Crippen LogP contribution in [-0.2, 0) is 0 Å². The Morgan fingerprint density at radius 3 is 1.67 bits per heavy atom. The van der Waals surface area contributed by atoms with Gasteiger partial charge in [0.25, 0.3) is 0 Å². The SMILES string of the molecule is C1=C2CCCCC2=CCCCC1. The molecule has 2 rings (SSSR count). The number of fused-ring (bicyclic) bond motifs is 1. The van der Waals surface area contributed by atoms with Crippen LogP contribution in [0.3, 0.4) is 0 Å². The first-order valence-electron chi connectivity index (χ1n) is 5.35. The first-order chi connectivity index (χ1) is 5.97. The minimum Gasteiger partial charge on any atom is -0.0811 e. The van der Waals surface area contributed by atoms with E-state index in [0.717, 1.165) is 0 Å². The highest BCUT2D eigenvalue weighted by Crippen LogP contribution is 2.31. The number of hydrogen-bond donors (Lipinski definition) is 0. The molecule has 0 aromatic rings. The molecule has 0 heterocycles. The number of rotatable bonds is 0. The van der Waals surface area contributed by atoms with Crippen molar-refractivity contribution in [3.05, 3.63) is 23.3 Å². The summed E-state index contributed by atoms with van der Waals surface area (Å²) < 4.78 is 0. The van der Waals surface area contributed by atoms with Crippen molar-refractivity contribution in [2.24, 2.45) is 0 Å². The molecule has 0 amide bonds. The molecule has 2 aliphatic rings. The molecular weight excluding hydrogens is 144 g/mol. The maximum atomic E-state index is 2.49. The molecule has 0 aromatic heterocycles. The summed E-state index contributed by atoms with van der Waals surface area (Å²) in [5.74, 6) is 0. The van der Waals surface area contributed by atoms with Crippen molar-refractivity contribution in [3.63, 3.8) is 0 Å². The van der Waals surface area contributed by atoms with E-state index in [4.69, 9.17) is 0 Å². The Morgan fingerprint density at radius 1 is 0.667 bits per heavy atom. The van der Waals surface area contributed by atoms with Crippen LogP contribution in [0.25, 0.3) is 0 Å². The Hall–Kier alpha value is -0.520. The number of hydrogen-bond acceptors (Lipinski definition) is 0. The van der Waals surface area contributed by atoms with Crippen molar-refractivity contribution in [1.29, 1.82) is 0 Å². The van der Waals surface area contributed by atoms with E-state index >= 15 is 0 Å². The van der Waals surface area contributed by atoms with Crippen molar-refractivity contribution in [1.82, 2.24) is 0 Å². The molecule has 2 aliphatic carbocycles. The van der Waals surface area contributed by atoms with Crippen LogP contribution in [0.5, 0.6) is 0 Å². The summed E-state index contributed by atoms with van der Waals surface area (Å²) in [7, 11) is 0. The van der Waals surface area contributed by atoms with Crippen molar-refractivity contribution < 1.29 is 0 Å². The molecule has 0 aliphatic heterocycles. The fourth-order valence-electron chi connectivity index (χ4n) is 2.26. The summed E-state index contributed by atoms with van der Waals surface area (Å²) in [6.07, 6.45) is 16.0. The molecule has 0 heteroatoms. The first-order valence-corrected chi connectivity index (χ1v) is 5.35. The highest BCUT2D eigenvalue weighted by Gasteiger charge is 2.11. The van der Waals surface area contributed by atoms with E-state index in [1.54, 1.807) is 11.1 Å². The molecule has 0 aromatic carbocycles. The van der Waals surface area contributed by atoms with Gasteiger partial charge in [0, 0.05) is 0 Å². The highest BCUT2D eigenvalue weighted by molar-refractivity contribution is 5.33. The zero-order valence-corrected chi connectivity index (χ0v) is 7.81. The predicted molar refractivity (Wildman–Crippen MR) is 53.1 cm³/mol. The highest BCUT2D eigenvalue weighted by atomic mass is 14.2. The van der Waals surface area contributed by atoms with Crippen LogP contribution in [0.4, 0.5) is 0 Å². The van der Waals surface area contributed by atoms with E-state index in [1.165, 1.54) is 51.4 Å². The van der Waals surface area contributed by atoms with Gasteiger partial charge in [0.1, 0.15) is 0 Å². The van der Waals surface area contributed by atoms with Gasteiger partial charge in [0.2, 0.25) is 0 Å². The van der Waals surface area contributed by atoms with Crippen molar-refractivity contribution in [2.75, 3.05) is 0 Å². The van der Waals surface area contributed by atoms with Gasteiger partial charge in [-0.25, -0.2) is 0 Å². The predicted octanol–water partition coefficient (Wildman–Crippen LogP) is 3.99. The third kappa shape index (κ3) is 1.80. The quantitative estimate of drug-likeness (QED) is 0.505. The molecule has 0 saturated heterocycles. The zero-order chi connectivity index (χ0) is 8.23. The second kappa shape index (κ2) is 3.93. The zero-order valence-electron chi connectivity index (χ0n) is 7.81. The third-order valence-electron chi connectivity index (χ3n) is 2.99. The Balaban J connectivity index is 2.14. The van der Waals surface area contributed by atoms with E-state index in [0.29, 0.717) is 0 Å². The van der Waals surface area contributed by atoms with Crippen molar-refractivity contribution >= 4 is 0 Å². The maximum absolute atomic E-state index is 2.49. The normalized spacial score (nSPS) is 24.7. The van der Waals surface area contributed by atoms with Gasteiger partial charge in [0.05, 0.1) is 0 Å². The van der Waals surface area contributed by atoms with E-state index in [-0.39, 0.29) is 0 Å². The van der Waals surface area contributed by atoms with Crippen molar-refractivity contribution in [3.8, 4) is 0 Å². The van der Waals surface area contributed by atoms with Crippen LogP contribution in [0.1, 0.15) is 51.4 Å². The molecule has 0 atom stereocenters. The average molecular weight is 162 g/mol. The maximum Gasteiger partial charge on any atom is -0.0279 e. The molecule has 0 radical (unpaired) electrons. The molecule has 1 fully saturated rings. The standard InChI is InChI=1S/C12H18/c1-2-4-8-12-10-6-5-9-11(12)7-3-1/h7-8H,1-6,9-10H2. The molecule has 0 N–H and O–H groups in total. The molecule has 66 valence electrons. The lowest BCUT2D eigenvalue weighted by Crippen LogP contribution is -2.00. The third-order valence-corrected chi connectivity index (χ3v) is 2.99. The molecule has 0 spiro atoms. The second-order valence-corrected chi connectivity index (χ2v) is 3.95. The second-order valence-electron chi connectivity index (χ2n) is 3.95. The molecule has 1 saturated carbocycles. The lowest BCUT2D eigenvalue weighted by atomic mass is 9.86. The van der Waals surface area contributed by atoms with Crippen LogP contribution < -0.4 is 0 Å². The van der Waals surface area contributed by atoms with Gasteiger partial charge in [-0.15, -0.1) is 0 Å². The fraction of sp³-hybridized carbons (Fsp3) is 0.667. The lowest BCUT2D eigenvalue weighted by molar-refractivity contribution is 0.656. The van der Waals surface area contributed by atoms with Gasteiger partial charge in [-0.2, -0.15) is 0 Å². The molecule has 0 unspecified atom stereocenters. The summed E-state index contributed by atoms with van der Waals surface area (Å²) in [5, 5.41) is 0. The molecular formula is C12H18. The van der Waals surface area contributed by atoms with Gasteiger partial charge < -0.3 is 0 Å². The lowest BCUT2D eigenvalue weighted by Gasteiger charge is -2.19. The monoisotopic (exact) mass is 162 g/mol. The average Bonchev–Trinajstić information content (AvgIpc) is 2.06. The minimum absolute atomic E-state index is 1.33. The Bertz CT molecular complexity index is 184. The fourth-order valence-corrected chi connectivity index (χ4v) is 2.26. The van der Waals surface area contributed by atoms with E-state index in [1.807, 2.05) is 0 Å². The molecule has 0 nitrogen and oxygen atoms in total. The Kier molecular flexibility index (Phi) is 2.65. The van der Waals surface area contributed by atoms with Gasteiger partial charge in [-0.05, 0) is 62.5 Å². The van der Waals surface area contributed by atoms with E-state index < -0.39 is 0 Å². The Morgan fingerprint density at radius 2 is 1.17 bits per heavy atom. The summed E-state index contributed by atoms with van der Waals surface area (Å²) in [5.41, 5.74) is 3.36. The van der Waals surface area contributed by atoms with Crippen LogP contribution >= 0.6 is 0 Å². The summed E-state index contributed by atoms with van der Waals surface area (Å²) in [4.78, 5) is 0. The van der Waals surface area contributed by atoms with Crippen molar-refractivity contribution in [2.45, 2.75) is 51.4 Å². The summed E-state index contributed by atoms with van der Waals surface area (Å²) in [6, 6.07) is 0. The van der Waals surface area contributed by atoms with Gasteiger partial charge in [0.15, 0.2) is 0 Å². The van der Waals surface area contributed by atoms with E-state index in [9.17, 15) is 0 Å². The van der Waals surface area contributed by atoms with Crippen LogP contribution in [0, 0.1) is 0 Å². The van der Waals surface area contributed by atoms with E-state index in [2.05, 4.69) is 12.2 Å². The van der Waals surface area contributed by atoms with Crippen LogP contribution in [-0.4, -0.2) is 0 Å². The van der Waals surface area contributed by atoms with Gasteiger partial charge in [-0.1, -0.05) is 12.2 Å². The first kappa shape index (κ1) is 8.10. The minimum atomic E-state index is 1.33. The van der Waals surface area contributed by atoms with Gasteiger partial charge >= 0.3 is 0 Å². The Labute approximate surface area is 75.4 Å². The number of allylic oxidation sites excluding steroid dienone is 4. The van der Waals surface area contributed by atoms with Crippen LogP contribution in [0.2, 0.25) is 0 Å². The van der Waals surface area contributed by atoms with Crippen LogP contribution in [0.15, 0.2) is 23.3 Å². The summed E-state index contributed by atoms with van der Waals surface area (Å²) in [6.45, 7) is 0. The smallest absolute Gasteiger partial charge is 0.0279 e. The molecule has 12 heavy (non-hydrogen) atoms.